The zero-order chi connectivity index (χ0) is 12.1. The standard InChI is InChI=1S/C11H22N4S/c1-5-7-8-14(6-2)10-12-13-11(16)15(10)9(3)4/h9H,5-8H2,1-4H3,(H,13,16). The van der Waals surface area contributed by atoms with Crippen LogP contribution in [-0.2, 0) is 0 Å². The molecule has 0 saturated heterocycles. The van der Waals surface area contributed by atoms with Gasteiger partial charge in [-0.05, 0) is 39.4 Å². The van der Waals surface area contributed by atoms with Gasteiger partial charge in [0.1, 0.15) is 0 Å². The summed E-state index contributed by atoms with van der Waals surface area (Å²) < 4.78 is 2.79. The van der Waals surface area contributed by atoms with Crippen molar-refractivity contribution in [1.82, 2.24) is 14.8 Å². The molecule has 0 aromatic carbocycles. The minimum atomic E-state index is 0.344. The maximum Gasteiger partial charge on any atom is 0.225 e. The fourth-order valence-electron chi connectivity index (χ4n) is 1.73. The molecule has 1 N–H and O–H groups in total. The lowest BCUT2D eigenvalue weighted by Crippen LogP contribution is -2.27. The lowest BCUT2D eigenvalue weighted by atomic mass is 10.3. The number of aromatic amines is 1. The van der Waals surface area contributed by atoms with Crippen molar-refractivity contribution in [3.8, 4) is 0 Å². The molecule has 4 nitrogen and oxygen atoms in total. The Labute approximate surface area is 103 Å². The van der Waals surface area contributed by atoms with Crippen LogP contribution in [0, 0.1) is 4.77 Å². The normalized spacial score (nSPS) is 11.1. The Kier molecular flexibility index (Phi) is 4.99. The first-order valence-electron chi connectivity index (χ1n) is 6.03. The minimum absolute atomic E-state index is 0.344. The summed E-state index contributed by atoms with van der Waals surface area (Å²) in [6.07, 6.45) is 2.38. The molecule has 0 fully saturated rings. The molecular weight excluding hydrogens is 220 g/mol. The second-order valence-corrected chi connectivity index (χ2v) is 4.61. The van der Waals surface area contributed by atoms with Crippen LogP contribution >= 0.6 is 12.2 Å². The van der Waals surface area contributed by atoms with Crippen molar-refractivity contribution in [2.45, 2.75) is 46.6 Å². The molecule has 1 aromatic heterocycles. The number of hydrogen-bond donors (Lipinski definition) is 1. The average molecular weight is 242 g/mol. The molecule has 0 aliphatic heterocycles. The third-order valence-corrected chi connectivity index (χ3v) is 2.94. The van der Waals surface area contributed by atoms with Crippen LogP contribution in [0.25, 0.3) is 0 Å². The molecule has 0 unspecified atom stereocenters. The average Bonchev–Trinajstić information content (AvgIpc) is 2.62. The van der Waals surface area contributed by atoms with Gasteiger partial charge in [-0.2, -0.15) is 0 Å². The van der Waals surface area contributed by atoms with E-state index in [0.29, 0.717) is 10.8 Å². The highest BCUT2D eigenvalue weighted by molar-refractivity contribution is 7.71. The van der Waals surface area contributed by atoms with E-state index in [0.717, 1.165) is 19.0 Å². The summed E-state index contributed by atoms with van der Waals surface area (Å²) in [7, 11) is 0. The van der Waals surface area contributed by atoms with Crippen LogP contribution < -0.4 is 4.90 Å². The van der Waals surface area contributed by atoms with Gasteiger partial charge in [0.05, 0.1) is 0 Å². The predicted octanol–water partition coefficient (Wildman–Crippen LogP) is 3.15. The summed E-state index contributed by atoms with van der Waals surface area (Å²) in [6, 6.07) is 0.344. The molecule has 0 saturated carbocycles. The molecule has 5 heteroatoms. The first-order chi connectivity index (χ1) is 7.61. The molecule has 0 radical (unpaired) electrons. The number of nitrogens with one attached hydrogen (secondary N) is 1. The van der Waals surface area contributed by atoms with Gasteiger partial charge in [-0.25, -0.2) is 5.10 Å². The van der Waals surface area contributed by atoms with Gasteiger partial charge in [0.2, 0.25) is 5.95 Å². The highest BCUT2D eigenvalue weighted by Gasteiger charge is 2.14. The Morgan fingerprint density at radius 3 is 2.62 bits per heavy atom. The summed E-state index contributed by atoms with van der Waals surface area (Å²) in [5.74, 6) is 0.968. The molecule has 1 rings (SSSR count). The Balaban J connectivity index is 2.96. The summed E-state index contributed by atoms with van der Waals surface area (Å²) in [4.78, 5) is 2.27. The highest BCUT2D eigenvalue weighted by atomic mass is 32.1. The second kappa shape index (κ2) is 6.03. The molecule has 1 heterocycles. The number of anilines is 1. The number of H-pyrrole nitrogens is 1. The number of hydrogen-bond acceptors (Lipinski definition) is 3. The molecule has 0 amide bonds. The van der Waals surface area contributed by atoms with E-state index in [1.54, 1.807) is 0 Å². The van der Waals surface area contributed by atoms with Gasteiger partial charge >= 0.3 is 0 Å². The Morgan fingerprint density at radius 1 is 1.44 bits per heavy atom. The van der Waals surface area contributed by atoms with Crippen molar-refractivity contribution in [3.63, 3.8) is 0 Å². The highest BCUT2D eigenvalue weighted by Crippen LogP contribution is 2.17. The van der Waals surface area contributed by atoms with Crippen molar-refractivity contribution in [1.29, 1.82) is 0 Å². The molecule has 92 valence electrons. The van der Waals surface area contributed by atoms with Crippen molar-refractivity contribution >= 4 is 18.2 Å². The molecule has 0 bridgehead atoms. The van der Waals surface area contributed by atoms with Crippen LogP contribution in [0.4, 0.5) is 5.95 Å². The zero-order valence-electron chi connectivity index (χ0n) is 10.7. The van der Waals surface area contributed by atoms with E-state index < -0.39 is 0 Å². The molecule has 0 spiro atoms. The van der Waals surface area contributed by atoms with E-state index in [-0.39, 0.29) is 0 Å². The summed E-state index contributed by atoms with van der Waals surface area (Å²) in [5.41, 5.74) is 0. The van der Waals surface area contributed by atoms with E-state index in [1.165, 1.54) is 12.8 Å². The number of unbranched alkanes of at least 4 members (excludes halogenated alkanes) is 1. The summed E-state index contributed by atoms with van der Waals surface area (Å²) in [5, 5.41) is 7.22. The predicted molar refractivity (Wildman–Crippen MR) is 70.6 cm³/mol. The van der Waals surface area contributed by atoms with Gasteiger partial charge in [0.15, 0.2) is 4.77 Å². The van der Waals surface area contributed by atoms with Crippen LogP contribution in [0.3, 0.4) is 0 Å². The zero-order valence-corrected chi connectivity index (χ0v) is 11.5. The van der Waals surface area contributed by atoms with Gasteiger partial charge in [-0.15, -0.1) is 5.10 Å². The molecular formula is C11H22N4S. The maximum absolute atomic E-state index is 5.25. The lowest BCUT2D eigenvalue weighted by Gasteiger charge is -2.23. The smallest absolute Gasteiger partial charge is 0.225 e. The minimum Gasteiger partial charge on any atom is -0.341 e. The van der Waals surface area contributed by atoms with Crippen molar-refractivity contribution in [2.24, 2.45) is 0 Å². The monoisotopic (exact) mass is 242 g/mol. The Bertz CT molecular complexity index is 366. The fourth-order valence-corrected chi connectivity index (χ4v) is 2.07. The van der Waals surface area contributed by atoms with Crippen LogP contribution in [0.1, 0.15) is 46.6 Å². The first-order valence-corrected chi connectivity index (χ1v) is 6.44. The van der Waals surface area contributed by atoms with Crippen LogP contribution in [-0.4, -0.2) is 27.9 Å². The molecule has 0 aliphatic rings. The number of nitrogens with zero attached hydrogens (tertiary/aromatic N) is 3. The van der Waals surface area contributed by atoms with Gasteiger partial charge in [0.25, 0.3) is 0 Å². The van der Waals surface area contributed by atoms with Crippen molar-refractivity contribution in [2.75, 3.05) is 18.0 Å². The molecule has 0 atom stereocenters. The van der Waals surface area contributed by atoms with E-state index >= 15 is 0 Å². The number of rotatable bonds is 6. The van der Waals surface area contributed by atoms with Gasteiger partial charge in [-0.3, -0.25) is 4.57 Å². The SMILES string of the molecule is CCCCN(CC)c1n[nH]c(=S)n1C(C)C. The largest absolute Gasteiger partial charge is 0.341 e. The lowest BCUT2D eigenvalue weighted by molar-refractivity contribution is 0.574. The summed E-state index contributed by atoms with van der Waals surface area (Å²) >= 11 is 5.25. The van der Waals surface area contributed by atoms with E-state index in [2.05, 4.69) is 47.4 Å². The fraction of sp³-hybridized carbons (Fsp3) is 0.818. The summed E-state index contributed by atoms with van der Waals surface area (Å²) in [6.45, 7) is 10.6. The molecule has 0 aliphatic carbocycles. The van der Waals surface area contributed by atoms with Gasteiger partial charge in [-0.1, -0.05) is 13.3 Å². The second-order valence-electron chi connectivity index (χ2n) is 4.23. The Hall–Kier alpha value is -0.840. The topological polar surface area (TPSA) is 36.9 Å². The first kappa shape index (κ1) is 13.2. The third kappa shape index (κ3) is 2.84. The van der Waals surface area contributed by atoms with Crippen molar-refractivity contribution < 1.29 is 0 Å². The molecule has 1 aromatic rings. The van der Waals surface area contributed by atoms with E-state index in [9.17, 15) is 0 Å². The van der Waals surface area contributed by atoms with Crippen LogP contribution in [0.5, 0.6) is 0 Å². The van der Waals surface area contributed by atoms with Gasteiger partial charge < -0.3 is 4.90 Å². The maximum atomic E-state index is 5.25. The Morgan fingerprint density at radius 2 is 2.12 bits per heavy atom. The van der Waals surface area contributed by atoms with Crippen LogP contribution in [0.15, 0.2) is 0 Å². The van der Waals surface area contributed by atoms with Crippen LogP contribution in [0.2, 0.25) is 0 Å². The third-order valence-electron chi connectivity index (χ3n) is 2.65. The van der Waals surface area contributed by atoms with E-state index in [1.807, 2.05) is 0 Å². The quantitative estimate of drug-likeness (QED) is 0.779. The number of aromatic nitrogens is 3. The van der Waals surface area contributed by atoms with E-state index in [4.69, 9.17) is 12.2 Å². The van der Waals surface area contributed by atoms with Crippen molar-refractivity contribution in [3.05, 3.63) is 4.77 Å². The van der Waals surface area contributed by atoms with Gasteiger partial charge in [0, 0.05) is 19.1 Å². The molecule has 16 heavy (non-hydrogen) atoms.